The molecule has 21 heavy (non-hydrogen) atoms. The van der Waals surface area contributed by atoms with Crippen molar-refractivity contribution in [2.45, 2.75) is 6.92 Å². The lowest BCUT2D eigenvalue weighted by Gasteiger charge is -2.12. The molecule has 0 bridgehead atoms. The van der Waals surface area contributed by atoms with E-state index >= 15 is 0 Å². The Morgan fingerprint density at radius 1 is 1.19 bits per heavy atom. The number of nitrogens with one attached hydrogen (secondary N) is 1. The zero-order valence-electron chi connectivity index (χ0n) is 11.7. The van der Waals surface area contributed by atoms with Crippen molar-refractivity contribution < 1.29 is 9.53 Å². The molecule has 108 valence electrons. The summed E-state index contributed by atoms with van der Waals surface area (Å²) in [5, 5.41) is 2.86. The number of hydrogen-bond acceptors (Lipinski definition) is 2. The largest absolute Gasteiger partial charge is 0.487 e. The summed E-state index contributed by atoms with van der Waals surface area (Å²) in [7, 11) is 0. The number of ether oxygens (including phenoxy) is 1. The van der Waals surface area contributed by atoms with Crippen LogP contribution in [0.15, 0.2) is 65.2 Å². The van der Waals surface area contributed by atoms with Gasteiger partial charge in [0.15, 0.2) is 0 Å². The van der Waals surface area contributed by atoms with Crippen LogP contribution in [0.25, 0.3) is 0 Å². The zero-order valence-corrected chi connectivity index (χ0v) is 13.3. The van der Waals surface area contributed by atoms with Crippen LogP contribution in [0.1, 0.15) is 17.3 Å². The van der Waals surface area contributed by atoms with Crippen LogP contribution in [0.2, 0.25) is 0 Å². The topological polar surface area (TPSA) is 38.3 Å². The Hall–Kier alpha value is -2.07. The average molecular weight is 346 g/mol. The molecule has 1 N–H and O–H groups in total. The molecule has 1 amide bonds. The average Bonchev–Trinajstić information content (AvgIpc) is 2.47. The Morgan fingerprint density at radius 3 is 2.52 bits per heavy atom. The van der Waals surface area contributed by atoms with Gasteiger partial charge in [0.1, 0.15) is 12.4 Å². The molecule has 0 aromatic heterocycles. The number of amides is 1. The van der Waals surface area contributed by atoms with Crippen molar-refractivity contribution in [2.24, 2.45) is 0 Å². The van der Waals surface area contributed by atoms with Crippen LogP contribution in [0.5, 0.6) is 5.75 Å². The number of para-hydroxylation sites is 2. The van der Waals surface area contributed by atoms with Crippen LogP contribution in [-0.4, -0.2) is 12.5 Å². The lowest BCUT2D eigenvalue weighted by Crippen LogP contribution is -2.13. The Bertz CT molecular complexity index is 650. The first-order chi connectivity index (χ1) is 10.1. The molecule has 0 spiro atoms. The summed E-state index contributed by atoms with van der Waals surface area (Å²) >= 11 is 3.35. The summed E-state index contributed by atoms with van der Waals surface area (Å²) in [5.41, 5.74) is 2.16. The standard InChI is InChI=1S/C17H16BrNO2/c1-12(2)11-21-16-6-4-3-5-15(16)19-17(20)13-7-9-14(18)10-8-13/h3-10H,1,11H2,2H3,(H,19,20). The van der Waals surface area contributed by atoms with E-state index in [4.69, 9.17) is 4.74 Å². The van der Waals surface area contributed by atoms with Crippen molar-refractivity contribution in [1.29, 1.82) is 0 Å². The lowest BCUT2D eigenvalue weighted by atomic mass is 10.2. The predicted molar refractivity (Wildman–Crippen MR) is 88.8 cm³/mol. The summed E-state index contributed by atoms with van der Waals surface area (Å²) in [6.45, 7) is 6.11. The van der Waals surface area contributed by atoms with Crippen LogP contribution in [0.4, 0.5) is 5.69 Å². The van der Waals surface area contributed by atoms with Gasteiger partial charge in [0.25, 0.3) is 5.91 Å². The van der Waals surface area contributed by atoms with E-state index in [9.17, 15) is 4.79 Å². The quantitative estimate of drug-likeness (QED) is 0.800. The Labute approximate surface area is 132 Å². The molecule has 0 aliphatic heterocycles. The normalized spacial score (nSPS) is 10.0. The third-order valence-corrected chi connectivity index (χ3v) is 3.24. The van der Waals surface area contributed by atoms with Crippen LogP contribution in [0, 0.1) is 0 Å². The molecule has 3 nitrogen and oxygen atoms in total. The first-order valence-corrected chi connectivity index (χ1v) is 7.28. The second-order valence-corrected chi connectivity index (χ2v) is 5.62. The molecule has 0 aliphatic carbocycles. The van der Waals surface area contributed by atoms with E-state index < -0.39 is 0 Å². The van der Waals surface area contributed by atoms with Gasteiger partial charge in [-0.25, -0.2) is 0 Å². The van der Waals surface area contributed by atoms with Gasteiger partial charge in [-0.3, -0.25) is 4.79 Å². The molecular formula is C17H16BrNO2. The maximum absolute atomic E-state index is 12.2. The van der Waals surface area contributed by atoms with Gasteiger partial charge in [0, 0.05) is 10.0 Å². The molecule has 0 radical (unpaired) electrons. The van der Waals surface area contributed by atoms with Gasteiger partial charge in [-0.2, -0.15) is 0 Å². The number of halogens is 1. The first-order valence-electron chi connectivity index (χ1n) is 6.49. The van der Waals surface area contributed by atoms with Crippen molar-refractivity contribution >= 4 is 27.5 Å². The third-order valence-electron chi connectivity index (χ3n) is 2.72. The number of carbonyl (C=O) groups excluding carboxylic acids is 1. The van der Waals surface area contributed by atoms with E-state index in [0.29, 0.717) is 23.6 Å². The highest BCUT2D eigenvalue weighted by molar-refractivity contribution is 9.10. The van der Waals surface area contributed by atoms with Crippen molar-refractivity contribution in [1.82, 2.24) is 0 Å². The molecule has 0 saturated heterocycles. The van der Waals surface area contributed by atoms with Gasteiger partial charge in [0.05, 0.1) is 5.69 Å². The van der Waals surface area contributed by atoms with E-state index in [1.54, 1.807) is 12.1 Å². The van der Waals surface area contributed by atoms with Crippen molar-refractivity contribution in [3.8, 4) is 5.75 Å². The van der Waals surface area contributed by atoms with Crippen molar-refractivity contribution in [3.05, 3.63) is 70.7 Å². The lowest BCUT2D eigenvalue weighted by molar-refractivity contribution is 0.102. The highest BCUT2D eigenvalue weighted by Crippen LogP contribution is 2.25. The van der Waals surface area contributed by atoms with Crippen LogP contribution in [0.3, 0.4) is 0 Å². The number of carbonyl (C=O) groups is 1. The van der Waals surface area contributed by atoms with E-state index in [1.165, 1.54) is 0 Å². The monoisotopic (exact) mass is 345 g/mol. The number of hydrogen-bond donors (Lipinski definition) is 1. The highest BCUT2D eigenvalue weighted by atomic mass is 79.9. The molecule has 0 heterocycles. The molecule has 0 saturated carbocycles. The van der Waals surface area contributed by atoms with Crippen molar-refractivity contribution in [3.63, 3.8) is 0 Å². The molecular weight excluding hydrogens is 330 g/mol. The smallest absolute Gasteiger partial charge is 0.255 e. The van der Waals surface area contributed by atoms with E-state index in [-0.39, 0.29) is 5.91 Å². The summed E-state index contributed by atoms with van der Waals surface area (Å²) in [5.74, 6) is 0.458. The molecule has 0 atom stereocenters. The van der Waals surface area contributed by atoms with Crippen LogP contribution >= 0.6 is 15.9 Å². The van der Waals surface area contributed by atoms with Gasteiger partial charge in [-0.15, -0.1) is 0 Å². The minimum Gasteiger partial charge on any atom is -0.487 e. The Kier molecular flexibility index (Phi) is 5.17. The second kappa shape index (κ2) is 7.09. The van der Waals surface area contributed by atoms with Gasteiger partial charge in [-0.05, 0) is 48.9 Å². The zero-order chi connectivity index (χ0) is 15.2. The van der Waals surface area contributed by atoms with Gasteiger partial charge < -0.3 is 10.1 Å². The second-order valence-electron chi connectivity index (χ2n) is 4.70. The maximum atomic E-state index is 12.2. The summed E-state index contributed by atoms with van der Waals surface area (Å²) < 4.78 is 6.57. The van der Waals surface area contributed by atoms with E-state index in [0.717, 1.165) is 10.0 Å². The fourth-order valence-electron chi connectivity index (χ4n) is 1.69. The van der Waals surface area contributed by atoms with E-state index in [2.05, 4.69) is 27.8 Å². The first kappa shape index (κ1) is 15.3. The summed E-state index contributed by atoms with van der Waals surface area (Å²) in [6.07, 6.45) is 0. The van der Waals surface area contributed by atoms with Crippen LogP contribution < -0.4 is 10.1 Å². The van der Waals surface area contributed by atoms with E-state index in [1.807, 2.05) is 43.3 Å². The highest BCUT2D eigenvalue weighted by Gasteiger charge is 2.09. The molecule has 2 rings (SSSR count). The molecule has 2 aromatic rings. The number of rotatable bonds is 5. The minimum atomic E-state index is -0.172. The Balaban J connectivity index is 2.13. The third kappa shape index (κ3) is 4.46. The van der Waals surface area contributed by atoms with Crippen molar-refractivity contribution in [2.75, 3.05) is 11.9 Å². The van der Waals surface area contributed by atoms with Gasteiger partial charge in [0.2, 0.25) is 0 Å². The molecule has 4 heteroatoms. The summed E-state index contributed by atoms with van der Waals surface area (Å²) in [6, 6.07) is 14.5. The predicted octanol–water partition coefficient (Wildman–Crippen LogP) is 4.66. The molecule has 0 unspecified atom stereocenters. The maximum Gasteiger partial charge on any atom is 0.255 e. The fraction of sp³-hybridized carbons (Fsp3) is 0.118. The summed E-state index contributed by atoms with van der Waals surface area (Å²) in [4.78, 5) is 12.2. The fourth-order valence-corrected chi connectivity index (χ4v) is 1.96. The number of benzene rings is 2. The van der Waals surface area contributed by atoms with Gasteiger partial charge in [-0.1, -0.05) is 34.6 Å². The number of anilines is 1. The SMILES string of the molecule is C=C(C)COc1ccccc1NC(=O)c1ccc(Br)cc1. The molecule has 0 fully saturated rings. The molecule has 0 aliphatic rings. The van der Waals surface area contributed by atoms with Crippen LogP contribution in [-0.2, 0) is 0 Å². The Morgan fingerprint density at radius 2 is 1.86 bits per heavy atom. The minimum absolute atomic E-state index is 0.172. The van der Waals surface area contributed by atoms with Gasteiger partial charge >= 0.3 is 0 Å². The molecule has 2 aromatic carbocycles.